The van der Waals surface area contributed by atoms with Gasteiger partial charge in [-0.25, -0.2) is 9.59 Å². The number of piperidine rings is 1. The minimum atomic E-state index is -0.531. The van der Waals surface area contributed by atoms with E-state index in [1.807, 2.05) is 20.8 Å². The molecule has 0 saturated carbocycles. The summed E-state index contributed by atoms with van der Waals surface area (Å²) in [7, 11) is 0. The maximum Gasteiger partial charge on any atom is 0.415 e. The Morgan fingerprint density at radius 2 is 1.59 bits per heavy atom. The van der Waals surface area contributed by atoms with Crippen molar-refractivity contribution in [2.24, 2.45) is 0 Å². The fourth-order valence-corrected chi connectivity index (χ4v) is 2.24. The Morgan fingerprint density at radius 1 is 1.00 bits per heavy atom. The molecule has 1 saturated heterocycles. The fraction of sp³-hybridized carbons (Fsp3) is 0.529. The molecule has 120 valence electrons. The SMILES string of the molecule is CC(C)(C)OC(=O)c1ccc(OC(=O)N2CCCCC2)cc1. The average Bonchev–Trinajstić information content (AvgIpc) is 2.47. The molecule has 22 heavy (non-hydrogen) atoms. The van der Waals surface area contributed by atoms with Crippen LogP contribution in [0, 0.1) is 0 Å². The number of carbonyl (C=O) groups excluding carboxylic acids is 2. The Labute approximate surface area is 131 Å². The van der Waals surface area contributed by atoms with Crippen molar-refractivity contribution in [3.05, 3.63) is 29.8 Å². The van der Waals surface area contributed by atoms with Gasteiger partial charge in [0, 0.05) is 13.1 Å². The molecule has 1 aromatic rings. The van der Waals surface area contributed by atoms with Crippen molar-refractivity contribution in [2.45, 2.75) is 45.6 Å². The molecule has 0 aliphatic carbocycles. The molecule has 0 unspecified atom stereocenters. The summed E-state index contributed by atoms with van der Waals surface area (Å²) in [5.41, 5.74) is -0.0936. The monoisotopic (exact) mass is 305 g/mol. The first-order valence-corrected chi connectivity index (χ1v) is 7.65. The highest BCUT2D eigenvalue weighted by atomic mass is 16.6. The molecule has 0 N–H and O–H groups in total. The van der Waals surface area contributed by atoms with Gasteiger partial charge < -0.3 is 14.4 Å². The molecule has 2 rings (SSSR count). The lowest BCUT2D eigenvalue weighted by Crippen LogP contribution is -2.37. The van der Waals surface area contributed by atoms with Gasteiger partial charge in [-0.15, -0.1) is 0 Å². The van der Waals surface area contributed by atoms with Crippen LogP contribution in [0.15, 0.2) is 24.3 Å². The lowest BCUT2D eigenvalue weighted by Gasteiger charge is -2.25. The number of esters is 1. The third-order valence-electron chi connectivity index (χ3n) is 3.31. The van der Waals surface area contributed by atoms with Gasteiger partial charge in [-0.2, -0.15) is 0 Å². The van der Waals surface area contributed by atoms with Gasteiger partial charge in [-0.05, 0) is 64.3 Å². The van der Waals surface area contributed by atoms with E-state index in [0.29, 0.717) is 11.3 Å². The molecule has 5 heteroatoms. The van der Waals surface area contributed by atoms with Gasteiger partial charge in [0.15, 0.2) is 0 Å². The predicted molar refractivity (Wildman–Crippen MR) is 83.1 cm³/mol. The minimum Gasteiger partial charge on any atom is -0.456 e. The summed E-state index contributed by atoms with van der Waals surface area (Å²) in [5.74, 6) is 0.0456. The summed E-state index contributed by atoms with van der Waals surface area (Å²) in [4.78, 5) is 25.6. The van der Waals surface area contributed by atoms with Crippen molar-refractivity contribution in [3.63, 3.8) is 0 Å². The van der Waals surface area contributed by atoms with Gasteiger partial charge in [0.25, 0.3) is 0 Å². The first kappa shape index (κ1) is 16.3. The molecule has 0 bridgehead atoms. The van der Waals surface area contributed by atoms with E-state index in [0.717, 1.165) is 32.4 Å². The third kappa shape index (κ3) is 4.76. The van der Waals surface area contributed by atoms with E-state index >= 15 is 0 Å². The molecule has 0 aromatic heterocycles. The van der Waals surface area contributed by atoms with Gasteiger partial charge in [-0.3, -0.25) is 0 Å². The van der Waals surface area contributed by atoms with E-state index < -0.39 is 5.60 Å². The summed E-state index contributed by atoms with van der Waals surface area (Å²) >= 11 is 0. The zero-order valence-electron chi connectivity index (χ0n) is 13.4. The van der Waals surface area contributed by atoms with Crippen molar-refractivity contribution in [3.8, 4) is 5.75 Å². The highest BCUT2D eigenvalue weighted by Crippen LogP contribution is 2.18. The molecule has 1 fully saturated rings. The fourth-order valence-electron chi connectivity index (χ4n) is 2.24. The number of benzene rings is 1. The smallest absolute Gasteiger partial charge is 0.415 e. The van der Waals surface area contributed by atoms with Crippen LogP contribution in [0.25, 0.3) is 0 Å². The molecule has 5 nitrogen and oxygen atoms in total. The van der Waals surface area contributed by atoms with E-state index in [1.165, 1.54) is 0 Å². The quantitative estimate of drug-likeness (QED) is 0.783. The number of hydrogen-bond acceptors (Lipinski definition) is 4. The first-order valence-electron chi connectivity index (χ1n) is 7.65. The Morgan fingerprint density at radius 3 is 2.14 bits per heavy atom. The maximum atomic E-state index is 12.0. The topological polar surface area (TPSA) is 55.8 Å². The first-order chi connectivity index (χ1) is 10.3. The van der Waals surface area contributed by atoms with Crippen LogP contribution in [0.4, 0.5) is 4.79 Å². The van der Waals surface area contributed by atoms with E-state index in [2.05, 4.69) is 0 Å². The normalized spacial score (nSPS) is 15.3. The molecule has 1 heterocycles. The number of ether oxygens (including phenoxy) is 2. The lowest BCUT2D eigenvalue weighted by atomic mass is 10.1. The molecule has 0 radical (unpaired) electrons. The van der Waals surface area contributed by atoms with E-state index in [-0.39, 0.29) is 12.1 Å². The van der Waals surface area contributed by atoms with Crippen molar-refractivity contribution < 1.29 is 19.1 Å². The van der Waals surface area contributed by atoms with Crippen molar-refractivity contribution in [1.29, 1.82) is 0 Å². The second-order valence-electron chi connectivity index (χ2n) is 6.44. The van der Waals surface area contributed by atoms with Crippen LogP contribution in [0.5, 0.6) is 5.75 Å². The Kier molecular flexibility index (Phi) is 5.06. The maximum absolute atomic E-state index is 12.0. The van der Waals surface area contributed by atoms with Crippen molar-refractivity contribution in [2.75, 3.05) is 13.1 Å². The molecule has 1 aromatic carbocycles. The highest BCUT2D eigenvalue weighted by molar-refractivity contribution is 5.89. The summed E-state index contributed by atoms with van der Waals surface area (Å²) in [5, 5.41) is 0. The molecule has 0 atom stereocenters. The zero-order chi connectivity index (χ0) is 16.2. The standard InChI is InChI=1S/C17H23NO4/c1-17(2,3)22-15(19)13-7-9-14(10-8-13)21-16(20)18-11-5-4-6-12-18/h7-10H,4-6,11-12H2,1-3H3. The number of carbonyl (C=O) groups is 2. The molecule has 1 aliphatic rings. The molecule has 1 aliphatic heterocycles. The zero-order valence-corrected chi connectivity index (χ0v) is 13.4. The van der Waals surface area contributed by atoms with E-state index in [4.69, 9.17) is 9.47 Å². The van der Waals surface area contributed by atoms with Gasteiger partial charge in [0.2, 0.25) is 0 Å². The minimum absolute atomic E-state index is 0.329. The number of nitrogens with zero attached hydrogens (tertiary/aromatic N) is 1. The Balaban J connectivity index is 1.94. The van der Waals surface area contributed by atoms with Crippen LogP contribution in [-0.4, -0.2) is 35.7 Å². The largest absolute Gasteiger partial charge is 0.456 e. The summed E-state index contributed by atoms with van der Waals surface area (Å²) in [6, 6.07) is 6.43. The number of amides is 1. The van der Waals surface area contributed by atoms with Crippen LogP contribution in [-0.2, 0) is 4.74 Å². The Bertz CT molecular complexity index is 525. The predicted octanol–water partition coefficient (Wildman–Crippen LogP) is 3.63. The van der Waals surface area contributed by atoms with Crippen LogP contribution >= 0.6 is 0 Å². The average molecular weight is 305 g/mol. The van der Waals surface area contributed by atoms with Gasteiger partial charge in [0.05, 0.1) is 5.56 Å². The molecule has 0 spiro atoms. The van der Waals surface area contributed by atoms with E-state index in [1.54, 1.807) is 29.2 Å². The van der Waals surface area contributed by atoms with Crippen LogP contribution in [0.1, 0.15) is 50.4 Å². The second-order valence-corrected chi connectivity index (χ2v) is 6.44. The highest BCUT2D eigenvalue weighted by Gasteiger charge is 2.20. The second kappa shape index (κ2) is 6.81. The number of hydrogen-bond donors (Lipinski definition) is 0. The summed E-state index contributed by atoms with van der Waals surface area (Å²) in [6.07, 6.45) is 2.87. The molecule has 1 amide bonds. The summed E-state index contributed by atoms with van der Waals surface area (Å²) in [6.45, 7) is 6.95. The third-order valence-corrected chi connectivity index (χ3v) is 3.31. The lowest BCUT2D eigenvalue weighted by molar-refractivity contribution is 0.00695. The summed E-state index contributed by atoms with van der Waals surface area (Å²) < 4.78 is 10.6. The molecular weight excluding hydrogens is 282 g/mol. The van der Waals surface area contributed by atoms with Crippen LogP contribution in [0.2, 0.25) is 0 Å². The molecular formula is C17H23NO4. The Hall–Kier alpha value is -2.04. The van der Waals surface area contributed by atoms with Crippen molar-refractivity contribution in [1.82, 2.24) is 4.90 Å². The van der Waals surface area contributed by atoms with E-state index in [9.17, 15) is 9.59 Å². The van der Waals surface area contributed by atoms with Gasteiger partial charge in [-0.1, -0.05) is 0 Å². The van der Waals surface area contributed by atoms with Gasteiger partial charge in [0.1, 0.15) is 11.4 Å². The van der Waals surface area contributed by atoms with Crippen LogP contribution in [0.3, 0.4) is 0 Å². The van der Waals surface area contributed by atoms with Gasteiger partial charge >= 0.3 is 12.1 Å². The number of likely N-dealkylation sites (tertiary alicyclic amines) is 1. The number of rotatable bonds is 2. The van der Waals surface area contributed by atoms with Crippen LogP contribution < -0.4 is 4.74 Å². The van der Waals surface area contributed by atoms with Crippen molar-refractivity contribution >= 4 is 12.1 Å².